The summed E-state index contributed by atoms with van der Waals surface area (Å²) in [5.74, 6) is 2.96. The average molecular weight is 218 g/mol. The highest BCUT2D eigenvalue weighted by atomic mass is 15.4. The van der Waals surface area contributed by atoms with Crippen molar-refractivity contribution in [3.63, 3.8) is 0 Å². The van der Waals surface area contributed by atoms with E-state index in [0.29, 0.717) is 5.82 Å². The molecule has 0 spiro atoms. The van der Waals surface area contributed by atoms with Crippen molar-refractivity contribution in [2.75, 3.05) is 11.9 Å². The second kappa shape index (κ2) is 4.26. The minimum absolute atomic E-state index is 0.677. The maximum absolute atomic E-state index is 4.39. The second-order valence-electron chi connectivity index (χ2n) is 3.41. The second-order valence-corrected chi connectivity index (χ2v) is 3.41. The molecule has 0 aliphatic heterocycles. The van der Waals surface area contributed by atoms with Crippen molar-refractivity contribution in [2.24, 2.45) is 0 Å². The number of nitrogens with one attached hydrogen (secondary N) is 1. The van der Waals surface area contributed by atoms with E-state index < -0.39 is 0 Å². The maximum atomic E-state index is 4.39. The zero-order chi connectivity index (χ0) is 11.5. The summed E-state index contributed by atoms with van der Waals surface area (Å²) < 4.78 is 1.68. The van der Waals surface area contributed by atoms with Gasteiger partial charge in [-0.05, 0) is 20.8 Å². The summed E-state index contributed by atoms with van der Waals surface area (Å²) in [6.07, 6.45) is 3.36. The van der Waals surface area contributed by atoms with Crippen LogP contribution in [0, 0.1) is 13.8 Å². The third-order valence-corrected chi connectivity index (χ3v) is 2.07. The summed E-state index contributed by atoms with van der Waals surface area (Å²) in [7, 11) is 0. The van der Waals surface area contributed by atoms with Crippen molar-refractivity contribution < 1.29 is 0 Å². The lowest BCUT2D eigenvalue weighted by Gasteiger charge is -2.04. The predicted molar refractivity (Wildman–Crippen MR) is 60.6 cm³/mol. The van der Waals surface area contributed by atoms with Crippen molar-refractivity contribution in [3.05, 3.63) is 24.0 Å². The number of hydrogen-bond donors (Lipinski definition) is 1. The predicted octanol–water partition coefficient (Wildman–Crippen LogP) is 1.11. The monoisotopic (exact) mass is 218 g/mol. The van der Waals surface area contributed by atoms with E-state index in [2.05, 4.69) is 25.4 Å². The molecule has 2 rings (SSSR count). The molecule has 0 radical (unpaired) electrons. The first kappa shape index (κ1) is 10.5. The highest BCUT2D eigenvalue weighted by Crippen LogP contribution is 2.08. The molecule has 0 aliphatic rings. The molecule has 0 aromatic carbocycles. The SMILES string of the molecule is CCNc1cncc(-n2nc(C)nc2C)n1. The van der Waals surface area contributed by atoms with Gasteiger partial charge in [-0.3, -0.25) is 4.98 Å². The van der Waals surface area contributed by atoms with Gasteiger partial charge in [-0.1, -0.05) is 0 Å². The Morgan fingerprint density at radius 1 is 1.25 bits per heavy atom. The molecule has 6 heteroatoms. The summed E-state index contributed by atoms with van der Waals surface area (Å²) in [5, 5.41) is 7.37. The molecule has 0 saturated heterocycles. The average Bonchev–Trinajstić information content (AvgIpc) is 2.59. The Hall–Kier alpha value is -1.98. The van der Waals surface area contributed by atoms with Crippen LogP contribution in [-0.2, 0) is 0 Å². The van der Waals surface area contributed by atoms with Crippen LogP contribution in [0.4, 0.5) is 5.82 Å². The third kappa shape index (κ3) is 2.00. The summed E-state index contributed by atoms with van der Waals surface area (Å²) in [6.45, 7) is 6.57. The maximum Gasteiger partial charge on any atom is 0.176 e. The van der Waals surface area contributed by atoms with Gasteiger partial charge in [0.25, 0.3) is 0 Å². The molecule has 0 atom stereocenters. The Labute approximate surface area is 93.8 Å². The Bertz CT molecular complexity index is 490. The van der Waals surface area contributed by atoms with Crippen LogP contribution in [0.25, 0.3) is 5.82 Å². The van der Waals surface area contributed by atoms with Crippen molar-refractivity contribution in [2.45, 2.75) is 20.8 Å². The van der Waals surface area contributed by atoms with Crippen molar-refractivity contribution in [3.8, 4) is 5.82 Å². The molecule has 2 heterocycles. The number of aromatic nitrogens is 5. The van der Waals surface area contributed by atoms with Crippen molar-refractivity contribution in [1.82, 2.24) is 24.7 Å². The zero-order valence-electron chi connectivity index (χ0n) is 9.60. The minimum atomic E-state index is 0.677. The van der Waals surface area contributed by atoms with E-state index >= 15 is 0 Å². The molecular formula is C10H14N6. The molecule has 84 valence electrons. The lowest BCUT2D eigenvalue weighted by molar-refractivity contribution is 0.797. The largest absolute Gasteiger partial charge is 0.369 e. The lowest BCUT2D eigenvalue weighted by atomic mass is 10.5. The van der Waals surface area contributed by atoms with Gasteiger partial charge >= 0.3 is 0 Å². The Morgan fingerprint density at radius 3 is 2.69 bits per heavy atom. The Kier molecular flexibility index (Phi) is 2.80. The molecular weight excluding hydrogens is 204 g/mol. The highest BCUT2D eigenvalue weighted by molar-refractivity contribution is 5.35. The van der Waals surface area contributed by atoms with Crippen molar-refractivity contribution in [1.29, 1.82) is 0 Å². The van der Waals surface area contributed by atoms with E-state index in [1.54, 1.807) is 17.1 Å². The van der Waals surface area contributed by atoms with E-state index in [1.807, 2.05) is 20.8 Å². The van der Waals surface area contributed by atoms with Gasteiger partial charge in [-0.25, -0.2) is 9.97 Å². The van der Waals surface area contributed by atoms with Gasteiger partial charge in [0.2, 0.25) is 0 Å². The van der Waals surface area contributed by atoms with Gasteiger partial charge in [-0.15, -0.1) is 5.10 Å². The first-order valence-electron chi connectivity index (χ1n) is 5.17. The zero-order valence-corrected chi connectivity index (χ0v) is 9.60. The number of anilines is 1. The quantitative estimate of drug-likeness (QED) is 0.835. The van der Waals surface area contributed by atoms with Gasteiger partial charge in [0.05, 0.1) is 12.4 Å². The smallest absolute Gasteiger partial charge is 0.176 e. The van der Waals surface area contributed by atoms with Crippen LogP contribution in [-0.4, -0.2) is 31.3 Å². The number of aryl methyl sites for hydroxylation is 2. The molecule has 1 N–H and O–H groups in total. The van der Waals surface area contributed by atoms with Gasteiger partial charge in [0, 0.05) is 6.54 Å². The van der Waals surface area contributed by atoms with E-state index in [9.17, 15) is 0 Å². The fourth-order valence-corrected chi connectivity index (χ4v) is 1.46. The molecule has 6 nitrogen and oxygen atoms in total. The molecule has 2 aromatic rings. The third-order valence-electron chi connectivity index (χ3n) is 2.07. The summed E-state index contributed by atoms with van der Waals surface area (Å²) >= 11 is 0. The van der Waals surface area contributed by atoms with Crippen LogP contribution in [0.3, 0.4) is 0 Å². The molecule has 0 aliphatic carbocycles. The topological polar surface area (TPSA) is 68.5 Å². The molecule has 0 saturated carbocycles. The summed E-state index contributed by atoms with van der Waals surface area (Å²) in [6, 6.07) is 0. The fourth-order valence-electron chi connectivity index (χ4n) is 1.46. The van der Waals surface area contributed by atoms with Crippen molar-refractivity contribution >= 4 is 5.82 Å². The fraction of sp³-hybridized carbons (Fsp3) is 0.400. The van der Waals surface area contributed by atoms with Gasteiger partial charge < -0.3 is 5.32 Å². The summed E-state index contributed by atoms with van der Waals surface area (Å²) in [5.41, 5.74) is 0. The number of nitrogens with zero attached hydrogens (tertiary/aromatic N) is 5. The molecule has 0 fully saturated rings. The summed E-state index contributed by atoms with van der Waals surface area (Å²) in [4.78, 5) is 12.7. The van der Waals surface area contributed by atoms with E-state index in [4.69, 9.17) is 0 Å². The van der Waals surface area contributed by atoms with Crippen LogP contribution < -0.4 is 5.32 Å². The first-order valence-corrected chi connectivity index (χ1v) is 5.17. The molecule has 0 bridgehead atoms. The normalized spacial score (nSPS) is 10.4. The van der Waals surface area contributed by atoms with Crippen LogP contribution in [0.15, 0.2) is 12.4 Å². The van der Waals surface area contributed by atoms with E-state index in [-0.39, 0.29) is 0 Å². The Morgan fingerprint density at radius 2 is 2.06 bits per heavy atom. The Balaban J connectivity index is 2.40. The molecule has 16 heavy (non-hydrogen) atoms. The molecule has 2 aromatic heterocycles. The van der Waals surface area contributed by atoms with E-state index in [0.717, 1.165) is 24.0 Å². The molecule has 0 amide bonds. The minimum Gasteiger partial charge on any atom is -0.369 e. The van der Waals surface area contributed by atoms with Crippen LogP contribution >= 0.6 is 0 Å². The van der Waals surface area contributed by atoms with Crippen LogP contribution in [0.2, 0.25) is 0 Å². The van der Waals surface area contributed by atoms with Gasteiger partial charge in [0.1, 0.15) is 17.5 Å². The number of hydrogen-bond acceptors (Lipinski definition) is 5. The first-order chi connectivity index (χ1) is 7.70. The van der Waals surface area contributed by atoms with Crippen LogP contribution in [0.5, 0.6) is 0 Å². The lowest BCUT2D eigenvalue weighted by Crippen LogP contribution is -2.06. The van der Waals surface area contributed by atoms with Crippen LogP contribution in [0.1, 0.15) is 18.6 Å². The standard InChI is InChI=1S/C10H14N6/c1-4-12-9-5-11-6-10(14-9)16-8(3)13-7(2)15-16/h5-6H,4H2,1-3H3,(H,12,14). The highest BCUT2D eigenvalue weighted by Gasteiger charge is 2.07. The molecule has 0 unspecified atom stereocenters. The van der Waals surface area contributed by atoms with Gasteiger partial charge in [-0.2, -0.15) is 4.68 Å². The van der Waals surface area contributed by atoms with E-state index in [1.165, 1.54) is 0 Å². The number of rotatable bonds is 3. The van der Waals surface area contributed by atoms with Gasteiger partial charge in [0.15, 0.2) is 5.82 Å².